The van der Waals surface area contributed by atoms with Gasteiger partial charge in [0, 0.05) is 19.5 Å². The SMILES string of the molecule is O=C(CCc1ccc(S(=O)(=O)N2CCCCCC2)cc1)Nc1ccccc1O. The van der Waals surface area contributed by atoms with Crippen molar-refractivity contribution in [1.82, 2.24) is 4.31 Å². The highest BCUT2D eigenvalue weighted by Gasteiger charge is 2.24. The van der Waals surface area contributed by atoms with Gasteiger partial charge in [-0.15, -0.1) is 0 Å². The van der Waals surface area contributed by atoms with Crippen LogP contribution < -0.4 is 5.32 Å². The minimum absolute atomic E-state index is 0.0268. The van der Waals surface area contributed by atoms with Gasteiger partial charge in [0.15, 0.2) is 0 Å². The van der Waals surface area contributed by atoms with Crippen LogP contribution in [0.25, 0.3) is 0 Å². The molecule has 0 atom stereocenters. The number of nitrogens with zero attached hydrogens (tertiary/aromatic N) is 1. The number of hydrogen-bond acceptors (Lipinski definition) is 4. The summed E-state index contributed by atoms with van der Waals surface area (Å²) < 4.78 is 27.2. The van der Waals surface area contributed by atoms with E-state index in [0.29, 0.717) is 30.1 Å². The van der Waals surface area contributed by atoms with Crippen LogP contribution in [0, 0.1) is 0 Å². The van der Waals surface area contributed by atoms with Gasteiger partial charge in [0.1, 0.15) is 5.75 Å². The molecule has 1 aliphatic rings. The summed E-state index contributed by atoms with van der Waals surface area (Å²) >= 11 is 0. The number of phenolic OH excluding ortho intramolecular Hbond substituents is 1. The standard InChI is InChI=1S/C21H26N2O4S/c24-20-8-4-3-7-19(20)22-21(25)14-11-17-9-12-18(13-10-17)28(26,27)23-15-5-1-2-6-16-23/h3-4,7-10,12-13,24H,1-2,5-6,11,14-16H2,(H,22,25). The maximum atomic E-state index is 12.8. The van der Waals surface area contributed by atoms with Gasteiger partial charge >= 0.3 is 0 Å². The van der Waals surface area contributed by atoms with E-state index in [-0.39, 0.29) is 18.1 Å². The van der Waals surface area contributed by atoms with E-state index in [1.165, 1.54) is 6.07 Å². The number of anilines is 1. The average Bonchev–Trinajstić information content (AvgIpc) is 2.99. The zero-order valence-corrected chi connectivity index (χ0v) is 16.6. The lowest BCUT2D eigenvalue weighted by molar-refractivity contribution is -0.116. The summed E-state index contributed by atoms with van der Waals surface area (Å²) in [7, 11) is -3.45. The van der Waals surface area contributed by atoms with Gasteiger partial charge in [-0.1, -0.05) is 37.1 Å². The van der Waals surface area contributed by atoms with Crippen molar-refractivity contribution in [3.8, 4) is 5.75 Å². The summed E-state index contributed by atoms with van der Waals surface area (Å²) in [5, 5.41) is 12.4. The quantitative estimate of drug-likeness (QED) is 0.724. The van der Waals surface area contributed by atoms with Crippen molar-refractivity contribution in [2.24, 2.45) is 0 Å². The van der Waals surface area contributed by atoms with E-state index in [1.807, 2.05) is 0 Å². The normalized spacial score (nSPS) is 15.7. The minimum Gasteiger partial charge on any atom is -0.506 e. The third-order valence-electron chi connectivity index (χ3n) is 4.95. The van der Waals surface area contributed by atoms with Gasteiger partial charge in [0.2, 0.25) is 15.9 Å². The molecule has 0 aromatic heterocycles. The zero-order chi connectivity index (χ0) is 20.0. The van der Waals surface area contributed by atoms with Gasteiger partial charge in [0.25, 0.3) is 0 Å². The smallest absolute Gasteiger partial charge is 0.243 e. The molecule has 1 amide bonds. The molecule has 2 aromatic carbocycles. The highest BCUT2D eigenvalue weighted by atomic mass is 32.2. The maximum absolute atomic E-state index is 12.8. The molecule has 0 saturated carbocycles. The van der Waals surface area contributed by atoms with E-state index in [9.17, 15) is 18.3 Å². The molecule has 1 saturated heterocycles. The Morgan fingerprint density at radius 3 is 2.25 bits per heavy atom. The summed E-state index contributed by atoms with van der Waals surface area (Å²) in [6.45, 7) is 1.16. The van der Waals surface area contributed by atoms with Gasteiger partial charge in [0.05, 0.1) is 10.6 Å². The first-order chi connectivity index (χ1) is 13.5. The van der Waals surface area contributed by atoms with Crippen molar-refractivity contribution >= 4 is 21.6 Å². The lowest BCUT2D eigenvalue weighted by Gasteiger charge is -2.20. The number of nitrogens with one attached hydrogen (secondary N) is 1. The molecule has 0 aliphatic carbocycles. The van der Waals surface area contributed by atoms with Crippen molar-refractivity contribution in [1.29, 1.82) is 0 Å². The molecule has 0 bridgehead atoms. The summed E-state index contributed by atoms with van der Waals surface area (Å²) in [4.78, 5) is 12.4. The zero-order valence-electron chi connectivity index (χ0n) is 15.8. The predicted molar refractivity (Wildman–Crippen MR) is 109 cm³/mol. The van der Waals surface area contributed by atoms with Crippen LogP contribution in [0.4, 0.5) is 5.69 Å². The second-order valence-electron chi connectivity index (χ2n) is 7.03. The van der Waals surface area contributed by atoms with E-state index >= 15 is 0 Å². The number of phenols is 1. The number of benzene rings is 2. The van der Waals surface area contributed by atoms with E-state index < -0.39 is 10.0 Å². The lowest BCUT2D eigenvalue weighted by Crippen LogP contribution is -2.31. The van der Waals surface area contributed by atoms with Crippen LogP contribution >= 0.6 is 0 Å². The Morgan fingerprint density at radius 2 is 1.61 bits per heavy atom. The highest BCUT2D eigenvalue weighted by molar-refractivity contribution is 7.89. The van der Waals surface area contributed by atoms with E-state index in [0.717, 1.165) is 31.2 Å². The Balaban J connectivity index is 1.58. The Kier molecular flexibility index (Phi) is 6.70. The third kappa shape index (κ3) is 5.11. The van der Waals surface area contributed by atoms with Gasteiger partial charge in [-0.25, -0.2) is 8.42 Å². The summed E-state index contributed by atoms with van der Waals surface area (Å²) in [5.41, 5.74) is 1.27. The predicted octanol–water partition coefficient (Wildman–Crippen LogP) is 3.53. The first-order valence-corrected chi connectivity index (χ1v) is 11.1. The fourth-order valence-electron chi connectivity index (χ4n) is 3.31. The highest BCUT2D eigenvalue weighted by Crippen LogP contribution is 2.23. The van der Waals surface area contributed by atoms with E-state index in [1.54, 1.807) is 46.8 Å². The fourth-order valence-corrected chi connectivity index (χ4v) is 4.83. The van der Waals surface area contributed by atoms with Gasteiger partial charge in [-0.3, -0.25) is 4.79 Å². The molecular weight excluding hydrogens is 376 g/mol. The number of sulfonamides is 1. The number of carbonyl (C=O) groups excluding carboxylic acids is 1. The van der Waals surface area contributed by atoms with Crippen LogP contribution in [0.1, 0.15) is 37.7 Å². The molecule has 3 rings (SSSR count). The Bertz CT molecular complexity index is 902. The van der Waals surface area contributed by atoms with Crippen LogP contribution in [0.15, 0.2) is 53.4 Å². The van der Waals surface area contributed by atoms with Crippen LogP contribution in [-0.4, -0.2) is 36.8 Å². The maximum Gasteiger partial charge on any atom is 0.243 e. The molecule has 1 fully saturated rings. The summed E-state index contributed by atoms with van der Waals surface area (Å²) in [5.74, 6) is -0.179. The second kappa shape index (κ2) is 9.21. The van der Waals surface area contributed by atoms with Gasteiger partial charge in [-0.05, 0) is 49.1 Å². The van der Waals surface area contributed by atoms with Crippen LogP contribution in [0.3, 0.4) is 0 Å². The van der Waals surface area contributed by atoms with Crippen LogP contribution in [-0.2, 0) is 21.2 Å². The summed E-state index contributed by atoms with van der Waals surface area (Å²) in [6, 6.07) is 13.3. The molecule has 7 heteroatoms. The first kappa shape index (κ1) is 20.4. The van der Waals surface area contributed by atoms with Gasteiger partial charge < -0.3 is 10.4 Å². The van der Waals surface area contributed by atoms with E-state index in [2.05, 4.69) is 5.32 Å². The Labute approximate surface area is 166 Å². The number of amides is 1. The number of aryl methyl sites for hydroxylation is 1. The molecule has 1 heterocycles. The minimum atomic E-state index is -3.45. The first-order valence-electron chi connectivity index (χ1n) is 9.64. The Morgan fingerprint density at radius 1 is 0.964 bits per heavy atom. The van der Waals surface area contributed by atoms with Crippen molar-refractivity contribution in [3.05, 3.63) is 54.1 Å². The number of carbonyl (C=O) groups is 1. The molecule has 28 heavy (non-hydrogen) atoms. The monoisotopic (exact) mass is 402 g/mol. The summed E-state index contributed by atoms with van der Waals surface area (Å²) in [6.07, 6.45) is 4.70. The third-order valence-corrected chi connectivity index (χ3v) is 6.86. The molecule has 2 aromatic rings. The van der Waals surface area contributed by atoms with Crippen molar-refractivity contribution in [2.45, 2.75) is 43.4 Å². The van der Waals surface area contributed by atoms with Crippen LogP contribution in [0.2, 0.25) is 0 Å². The second-order valence-corrected chi connectivity index (χ2v) is 8.97. The molecule has 0 radical (unpaired) electrons. The molecule has 2 N–H and O–H groups in total. The lowest BCUT2D eigenvalue weighted by atomic mass is 10.1. The van der Waals surface area contributed by atoms with Crippen LogP contribution in [0.5, 0.6) is 5.75 Å². The molecule has 150 valence electrons. The van der Waals surface area contributed by atoms with Gasteiger partial charge in [-0.2, -0.15) is 4.31 Å². The molecule has 0 spiro atoms. The number of para-hydroxylation sites is 2. The molecule has 1 aliphatic heterocycles. The van der Waals surface area contributed by atoms with Crippen molar-refractivity contribution < 1.29 is 18.3 Å². The van der Waals surface area contributed by atoms with Crippen molar-refractivity contribution in [3.63, 3.8) is 0 Å². The fraction of sp³-hybridized carbons (Fsp3) is 0.381. The Hall–Kier alpha value is -2.38. The van der Waals surface area contributed by atoms with Crippen molar-refractivity contribution in [2.75, 3.05) is 18.4 Å². The average molecular weight is 403 g/mol. The largest absolute Gasteiger partial charge is 0.506 e. The molecular formula is C21H26N2O4S. The topological polar surface area (TPSA) is 86.7 Å². The number of aromatic hydroxyl groups is 1. The molecule has 6 nitrogen and oxygen atoms in total. The number of rotatable bonds is 6. The van der Waals surface area contributed by atoms with E-state index in [4.69, 9.17) is 0 Å². The molecule has 0 unspecified atom stereocenters. The number of hydrogen-bond donors (Lipinski definition) is 2.